The molecule has 0 spiro atoms. The Hall–Kier alpha value is -3.13. The Labute approximate surface area is 184 Å². The van der Waals surface area contributed by atoms with E-state index in [0.717, 1.165) is 47.5 Å². The predicted molar refractivity (Wildman–Crippen MR) is 119 cm³/mol. The van der Waals surface area contributed by atoms with Crippen LogP contribution in [0.2, 0.25) is 0 Å². The van der Waals surface area contributed by atoms with Gasteiger partial charge in [0.05, 0.1) is 25.1 Å². The van der Waals surface area contributed by atoms with Crippen LogP contribution in [0.3, 0.4) is 0 Å². The van der Waals surface area contributed by atoms with Crippen molar-refractivity contribution in [2.75, 3.05) is 12.9 Å². The standard InChI is InChI=1S/C23H24N4O3S/c1-30-20-11-3-2-7-16(20)13-25-21(28)15-31-22-18-9-6-10-19(18)27(23(29)26-22)14-17-8-4-5-12-24-17/h2-5,7-8,11-12H,6,9-10,13-15H2,1H3,(H,25,28). The second-order valence-electron chi connectivity index (χ2n) is 7.26. The average Bonchev–Trinajstić information content (AvgIpc) is 3.29. The summed E-state index contributed by atoms with van der Waals surface area (Å²) >= 11 is 1.32. The van der Waals surface area contributed by atoms with Gasteiger partial charge in [0, 0.05) is 29.6 Å². The largest absolute Gasteiger partial charge is 0.496 e. The summed E-state index contributed by atoms with van der Waals surface area (Å²) in [5.41, 5.74) is 3.56. The van der Waals surface area contributed by atoms with Gasteiger partial charge in [-0.1, -0.05) is 36.0 Å². The van der Waals surface area contributed by atoms with Gasteiger partial charge in [-0.25, -0.2) is 4.79 Å². The Morgan fingerprint density at radius 3 is 2.84 bits per heavy atom. The summed E-state index contributed by atoms with van der Waals surface area (Å²) < 4.78 is 7.03. The number of thioether (sulfide) groups is 1. The van der Waals surface area contributed by atoms with Crippen LogP contribution in [0.4, 0.5) is 0 Å². The van der Waals surface area contributed by atoms with Crippen LogP contribution in [0.5, 0.6) is 5.75 Å². The lowest BCUT2D eigenvalue weighted by molar-refractivity contribution is -0.118. The number of rotatable bonds is 8. The molecule has 0 fully saturated rings. The summed E-state index contributed by atoms with van der Waals surface area (Å²) in [5, 5.41) is 3.58. The van der Waals surface area contributed by atoms with E-state index in [1.807, 2.05) is 42.5 Å². The Bertz CT molecular complexity index is 1130. The first-order valence-electron chi connectivity index (χ1n) is 10.2. The minimum absolute atomic E-state index is 0.109. The van der Waals surface area contributed by atoms with Crippen LogP contribution in [0, 0.1) is 0 Å². The number of carbonyl (C=O) groups is 1. The summed E-state index contributed by atoms with van der Waals surface area (Å²) in [7, 11) is 1.61. The van der Waals surface area contributed by atoms with Gasteiger partial charge in [-0.2, -0.15) is 4.98 Å². The van der Waals surface area contributed by atoms with Gasteiger partial charge in [0.15, 0.2) is 0 Å². The summed E-state index contributed by atoms with van der Waals surface area (Å²) in [6.07, 6.45) is 4.42. The van der Waals surface area contributed by atoms with Crippen molar-refractivity contribution in [3.8, 4) is 5.75 Å². The summed E-state index contributed by atoms with van der Waals surface area (Å²) in [5.74, 6) is 0.840. The van der Waals surface area contributed by atoms with Crippen LogP contribution in [0.1, 0.15) is 28.9 Å². The van der Waals surface area contributed by atoms with E-state index in [0.29, 0.717) is 18.1 Å². The summed E-state index contributed by atoms with van der Waals surface area (Å²) in [6, 6.07) is 13.3. The molecular formula is C23H24N4O3S. The van der Waals surface area contributed by atoms with E-state index in [1.165, 1.54) is 11.8 Å². The fourth-order valence-corrected chi connectivity index (χ4v) is 4.66. The topological polar surface area (TPSA) is 86.1 Å². The van der Waals surface area contributed by atoms with Crippen molar-refractivity contribution < 1.29 is 9.53 Å². The van der Waals surface area contributed by atoms with Crippen molar-refractivity contribution in [3.63, 3.8) is 0 Å². The van der Waals surface area contributed by atoms with Crippen molar-refractivity contribution in [1.29, 1.82) is 0 Å². The first-order chi connectivity index (χ1) is 15.2. The minimum atomic E-state index is -0.289. The van der Waals surface area contributed by atoms with Gasteiger partial charge in [-0.3, -0.25) is 14.3 Å². The number of hydrogen-bond donors (Lipinski definition) is 1. The molecule has 1 aliphatic rings. The number of hydrogen-bond acceptors (Lipinski definition) is 6. The number of fused-ring (bicyclic) bond motifs is 1. The minimum Gasteiger partial charge on any atom is -0.496 e. The molecular weight excluding hydrogens is 412 g/mol. The first-order valence-corrected chi connectivity index (χ1v) is 11.2. The Morgan fingerprint density at radius 2 is 2.03 bits per heavy atom. The van der Waals surface area contributed by atoms with Crippen LogP contribution in [-0.2, 0) is 30.7 Å². The van der Waals surface area contributed by atoms with Crippen LogP contribution >= 0.6 is 11.8 Å². The Morgan fingerprint density at radius 1 is 1.19 bits per heavy atom. The average molecular weight is 437 g/mol. The van der Waals surface area contributed by atoms with E-state index in [1.54, 1.807) is 17.9 Å². The zero-order chi connectivity index (χ0) is 21.6. The van der Waals surface area contributed by atoms with Gasteiger partial charge >= 0.3 is 5.69 Å². The number of aromatic nitrogens is 3. The van der Waals surface area contributed by atoms with E-state index in [9.17, 15) is 9.59 Å². The summed E-state index contributed by atoms with van der Waals surface area (Å²) in [4.78, 5) is 33.7. The molecule has 7 nitrogen and oxygen atoms in total. The number of para-hydroxylation sites is 1. The number of nitrogens with one attached hydrogen (secondary N) is 1. The Kier molecular flexibility index (Phi) is 6.66. The highest BCUT2D eigenvalue weighted by Crippen LogP contribution is 2.29. The molecule has 0 unspecified atom stereocenters. The highest BCUT2D eigenvalue weighted by molar-refractivity contribution is 7.99. The first kappa shape index (κ1) is 21.1. The smallest absolute Gasteiger partial charge is 0.349 e. The number of amides is 1. The molecule has 2 aromatic heterocycles. The van der Waals surface area contributed by atoms with Crippen LogP contribution < -0.4 is 15.7 Å². The lowest BCUT2D eigenvalue weighted by Gasteiger charge is -2.14. The maximum Gasteiger partial charge on any atom is 0.349 e. The molecule has 8 heteroatoms. The molecule has 0 aliphatic heterocycles. The molecule has 0 atom stereocenters. The molecule has 31 heavy (non-hydrogen) atoms. The molecule has 0 saturated carbocycles. The third-order valence-corrected chi connectivity index (χ3v) is 6.27. The molecule has 4 rings (SSSR count). The zero-order valence-electron chi connectivity index (χ0n) is 17.3. The van der Waals surface area contributed by atoms with Crippen molar-refractivity contribution in [2.24, 2.45) is 0 Å². The third kappa shape index (κ3) is 4.96. The maximum atomic E-state index is 12.7. The van der Waals surface area contributed by atoms with Crippen molar-refractivity contribution in [2.45, 2.75) is 37.4 Å². The highest BCUT2D eigenvalue weighted by Gasteiger charge is 2.22. The number of carbonyl (C=O) groups excluding carboxylic acids is 1. The van der Waals surface area contributed by atoms with Gasteiger partial charge in [0.2, 0.25) is 5.91 Å². The van der Waals surface area contributed by atoms with E-state index >= 15 is 0 Å². The number of ether oxygens (including phenoxy) is 1. The monoisotopic (exact) mass is 436 g/mol. The highest BCUT2D eigenvalue weighted by atomic mass is 32.2. The quantitative estimate of drug-likeness (QED) is 0.432. The van der Waals surface area contributed by atoms with Gasteiger partial charge < -0.3 is 10.1 Å². The van der Waals surface area contributed by atoms with Crippen LogP contribution in [0.25, 0.3) is 0 Å². The van der Waals surface area contributed by atoms with Gasteiger partial charge in [0.25, 0.3) is 0 Å². The van der Waals surface area contributed by atoms with Gasteiger partial charge in [0.1, 0.15) is 10.8 Å². The fourth-order valence-electron chi connectivity index (χ4n) is 3.75. The van der Waals surface area contributed by atoms with Crippen molar-refractivity contribution in [1.82, 2.24) is 19.9 Å². The van der Waals surface area contributed by atoms with Crippen LogP contribution in [-0.4, -0.2) is 33.3 Å². The molecule has 0 saturated heterocycles. The lowest BCUT2D eigenvalue weighted by atomic mass is 10.2. The van der Waals surface area contributed by atoms with E-state index in [2.05, 4.69) is 15.3 Å². The van der Waals surface area contributed by atoms with E-state index < -0.39 is 0 Å². The van der Waals surface area contributed by atoms with Gasteiger partial charge in [-0.15, -0.1) is 0 Å². The lowest BCUT2D eigenvalue weighted by Crippen LogP contribution is -2.29. The molecule has 2 heterocycles. The van der Waals surface area contributed by atoms with E-state index in [-0.39, 0.29) is 17.3 Å². The van der Waals surface area contributed by atoms with Crippen molar-refractivity contribution >= 4 is 17.7 Å². The molecule has 1 N–H and O–H groups in total. The molecule has 0 radical (unpaired) electrons. The number of benzene rings is 1. The van der Waals surface area contributed by atoms with Gasteiger partial charge in [-0.05, 0) is 37.5 Å². The number of methoxy groups -OCH3 is 1. The molecule has 1 aliphatic carbocycles. The predicted octanol–water partition coefficient (Wildman–Crippen LogP) is 2.59. The fraction of sp³-hybridized carbons (Fsp3) is 0.304. The second kappa shape index (κ2) is 9.78. The summed E-state index contributed by atoms with van der Waals surface area (Å²) in [6.45, 7) is 0.806. The van der Waals surface area contributed by atoms with Crippen molar-refractivity contribution in [3.05, 3.63) is 81.7 Å². The third-order valence-electron chi connectivity index (χ3n) is 5.26. The SMILES string of the molecule is COc1ccccc1CNC(=O)CSc1nc(=O)n(Cc2ccccn2)c2c1CCC2. The zero-order valence-corrected chi connectivity index (χ0v) is 18.2. The van der Waals surface area contributed by atoms with Crippen LogP contribution in [0.15, 0.2) is 58.5 Å². The molecule has 1 aromatic carbocycles. The number of nitrogens with zero attached hydrogens (tertiary/aromatic N) is 3. The van der Waals surface area contributed by atoms with E-state index in [4.69, 9.17) is 4.74 Å². The normalized spacial score (nSPS) is 12.4. The Balaban J connectivity index is 1.43. The molecule has 0 bridgehead atoms. The molecule has 3 aromatic rings. The maximum absolute atomic E-state index is 12.7. The number of pyridine rings is 1. The second-order valence-corrected chi connectivity index (χ2v) is 8.23. The molecule has 160 valence electrons. The molecule has 1 amide bonds.